The second-order valence-electron chi connectivity index (χ2n) is 34.1. The molecule has 5 saturated heterocycles. The Morgan fingerprint density at radius 1 is 0.470 bits per heavy atom. The van der Waals surface area contributed by atoms with E-state index in [1.165, 1.54) is 87.2 Å². The van der Waals surface area contributed by atoms with E-state index in [1.54, 1.807) is 74.1 Å². The van der Waals surface area contributed by atoms with Gasteiger partial charge < -0.3 is 88.6 Å². The number of aliphatic hydroxyl groups is 3. The summed E-state index contributed by atoms with van der Waals surface area (Å²) >= 11 is 8.66. The average Bonchev–Trinajstić information content (AvgIpc) is 1.65. The monoisotopic (exact) mass is 2250 g/mol. The first kappa shape index (κ1) is 118. The van der Waals surface area contributed by atoms with Crippen molar-refractivity contribution in [1.29, 1.82) is 0 Å². The second-order valence-corrected chi connectivity index (χ2v) is 41.2. The number of pyridine rings is 6. The average molecular weight is 2250 g/mol. The van der Waals surface area contributed by atoms with Gasteiger partial charge in [-0.1, -0.05) is 88.7 Å². The van der Waals surface area contributed by atoms with Gasteiger partial charge in [-0.15, -0.1) is 0 Å². The third kappa shape index (κ3) is 32.1. The van der Waals surface area contributed by atoms with Crippen LogP contribution in [0.5, 0.6) is 29.4 Å². The zero-order valence-corrected chi connectivity index (χ0v) is 89.2. The number of nitrogens with one attached hydrogen (secondary N) is 1. The number of hydrogen-bond acceptors (Lipinski definition) is 31. The molecule has 9 aromatic heterocycles. The number of carbonyl (C=O) groups is 3. The first-order valence-electron chi connectivity index (χ1n) is 46.8. The van der Waals surface area contributed by atoms with E-state index < -0.39 is 74.9 Å². The van der Waals surface area contributed by atoms with Gasteiger partial charge in [0.05, 0.1) is 187 Å². The molecule has 149 heavy (non-hydrogen) atoms. The molecular weight excluding hydrogens is 2140 g/mol. The van der Waals surface area contributed by atoms with Crippen LogP contribution in [0.15, 0.2) is 239 Å². The van der Waals surface area contributed by atoms with Gasteiger partial charge in [0, 0.05) is 166 Å². The number of H-pyrrole nitrogens is 1. The van der Waals surface area contributed by atoms with Gasteiger partial charge in [-0.3, -0.25) is 37.3 Å². The van der Waals surface area contributed by atoms with Crippen LogP contribution in [-0.2, 0) is 58.8 Å². The number of aromatic nitrogens is 12. The summed E-state index contributed by atoms with van der Waals surface area (Å²) in [5.74, 6) is 0.0208. The summed E-state index contributed by atoms with van der Waals surface area (Å²) in [6.45, 7) is 12.2. The number of halogens is 4. The number of aliphatic hydroxyl groups excluding tert-OH is 3. The fraction of sp³-hybridized carbons (Fsp3) is 0.337. The van der Waals surface area contributed by atoms with Crippen LogP contribution in [0.4, 0.5) is 4.39 Å². The van der Waals surface area contributed by atoms with Crippen molar-refractivity contribution in [2.45, 2.75) is 126 Å². The molecule has 45 heteroatoms. The van der Waals surface area contributed by atoms with Gasteiger partial charge in [0.15, 0.2) is 7.67 Å². The Hall–Kier alpha value is -12.5. The second kappa shape index (κ2) is 58.6. The summed E-state index contributed by atoms with van der Waals surface area (Å²) in [7, 11) is 6.47. The van der Waals surface area contributed by atoms with Crippen molar-refractivity contribution in [2.24, 2.45) is 0 Å². The minimum absolute atomic E-state index is 0. The minimum Gasteiger partial charge on any atom is -1.00 e. The number of fused-ring (bicyclic) bond motifs is 9. The molecule has 0 unspecified atom stereocenters. The molecule has 20 rings (SSSR count). The van der Waals surface area contributed by atoms with E-state index in [0.29, 0.717) is 120 Å². The smallest absolute Gasteiger partial charge is 1.00 e. The number of benzene rings is 6. The number of esters is 1. The standard InChI is InChI=1S/2C24H23N3O4.C23H27BN2O5.C8H9NO3.C7H8BrNO.C7H7NO3.C6H5NO3.C4H8O.CH3F.B.Br2OS.Li.H/c2*1-30-22-11-15(6-8-25-22)10-16-12-19-23(18-5-3-2-4-17(16)18)26-14-27(24(19)29)20-7-9-31-13-21(20)28;1-22(2)23(3,4)31-24(30-22)17-11-16-20(15-8-6-5-7-14(15)17)25-13-26(21(16)28)18-9-10-29-12-19(18)27;1-11-7-5-6(3-4-9-7)8(10)12-2;1-10-7-4-6(5-8)2-3-9-7;1-11-6-4-5(7(9)10)2-3-8-6;8-5-3-4(6(9)10)1-2-7-5;1-2-4-5-3-1;1-2;;1-4(2)3;;/h2*2-6,8,11-12,14,20-21,28H,7,9-10,13H2,1H3;5-8,11,13,18-19,27H,9-10,12H2,1-4H3;3-5H,1-2H3;2-4H,5H2,1H3;2-4H,1H3,(H,9,10);1-3H,(H,7,8)(H,9,10);1-4H2;1H3;;;;/q;;;;;;;;;;;+1;-1/t2*20-,21-;18-,19-;;;;;;;;;;/m000........../s1/i;;;;;;;;1D;;;;. The topological polar surface area (TPSA) is 482 Å². The Bertz CT molecular complexity index is 7100. The molecule has 0 spiro atoms. The predicted octanol–water partition coefficient (Wildman–Crippen LogP) is 11.1. The number of carboxylic acid groups (broad SMARTS) is 2. The number of alkyl halides is 2. The SMILES string of the molecule is C1CCOC1.CC1(C)OB(c2cc3c(=O)n([C@H]4CCOC[C@@H]4O)cnc3c3ccccc23)OC1(C)C.COC(=O)c1ccnc(OC)c1.COc1cc(C(=O)O)ccn1.COc1cc(CBr)ccn1.COc1cc(Cc2cc3c(=O)n([C@H]4CCOC[C@@H]4O)cnc3c3ccccc23)ccn1.COc1cc(Cc2cc3c(=O)n([C@H]4CCOC[C@@H]4O)cnc3c3ccccc23)ccn1.O=C(O)c1cc[nH]c(=O)c1.O=S(Br)Br.[2H]CF.[B].[H-].[Li+]. The third-order valence-corrected chi connectivity index (χ3v) is 25.1. The van der Waals surface area contributed by atoms with Crippen LogP contribution in [-0.4, -0.2) is 254 Å². The number of rotatable bonds is 17. The van der Waals surface area contributed by atoms with Crippen molar-refractivity contribution in [3.05, 3.63) is 306 Å². The number of nitrogens with zero attached hydrogens (tertiary/aromatic N) is 11. The maximum atomic E-state index is 13.5. The van der Waals surface area contributed by atoms with E-state index in [4.69, 9.17) is 63.5 Å². The third-order valence-electron chi connectivity index (χ3n) is 24.4. The number of aromatic carboxylic acids is 2. The van der Waals surface area contributed by atoms with E-state index >= 15 is 0 Å². The predicted molar refractivity (Wildman–Crippen MR) is 572 cm³/mol. The summed E-state index contributed by atoms with van der Waals surface area (Å²) in [5, 5.41) is 56.2. The summed E-state index contributed by atoms with van der Waals surface area (Å²) in [6, 6.07) is 48.3. The number of hydrogen-bond donors (Lipinski definition) is 6. The fourth-order valence-electron chi connectivity index (χ4n) is 16.3. The van der Waals surface area contributed by atoms with Crippen molar-refractivity contribution in [2.75, 3.05) is 103 Å². The Morgan fingerprint density at radius 2 is 0.799 bits per heavy atom. The molecule has 5 fully saturated rings. The number of aromatic amines is 1. The van der Waals surface area contributed by atoms with E-state index in [2.05, 4.69) is 107 Å². The van der Waals surface area contributed by atoms with Gasteiger partial charge in [0.2, 0.25) is 35.0 Å². The first-order valence-corrected chi connectivity index (χ1v) is 52.0. The van der Waals surface area contributed by atoms with E-state index in [1.807, 2.05) is 143 Å². The largest absolute Gasteiger partial charge is 1.00 e. The summed E-state index contributed by atoms with van der Waals surface area (Å²) in [4.78, 5) is 119. The Morgan fingerprint density at radius 3 is 1.14 bits per heavy atom. The molecule has 0 saturated carbocycles. The van der Waals surface area contributed by atoms with Crippen molar-refractivity contribution in [1.82, 2.24) is 58.6 Å². The number of carboxylic acids is 2. The van der Waals surface area contributed by atoms with Crippen LogP contribution in [0.2, 0.25) is 0 Å². The van der Waals surface area contributed by atoms with Crippen LogP contribution < -0.4 is 70.2 Å². The molecule has 6 atom stereocenters. The molecule has 0 amide bonds. The van der Waals surface area contributed by atoms with Crippen molar-refractivity contribution < 1.29 is 127 Å². The first-order chi connectivity index (χ1) is 71.2. The zero-order valence-electron chi connectivity index (χ0n) is 85.7. The van der Waals surface area contributed by atoms with Crippen LogP contribution >= 0.6 is 45.6 Å². The quantitative estimate of drug-likeness (QED) is 0.0162. The molecule has 781 valence electrons. The molecular formula is C104H114B2Br3FLiN12O25S. The Kier molecular flexibility index (Phi) is 46.6. The maximum Gasteiger partial charge on any atom is 1.00 e. The van der Waals surface area contributed by atoms with Crippen LogP contribution in [0.25, 0.3) is 65.0 Å². The van der Waals surface area contributed by atoms with Crippen molar-refractivity contribution >= 4 is 157 Å². The van der Waals surface area contributed by atoms with Gasteiger partial charge in [-0.2, -0.15) is 0 Å². The van der Waals surface area contributed by atoms with Gasteiger partial charge >= 0.3 is 43.9 Å². The van der Waals surface area contributed by atoms with Gasteiger partial charge in [0.25, 0.3) is 16.7 Å². The van der Waals surface area contributed by atoms with Gasteiger partial charge in [-0.05, 0) is 177 Å². The molecule has 0 aliphatic carbocycles. The Labute approximate surface area is 899 Å². The molecule has 14 heterocycles. The molecule has 5 aliphatic heterocycles. The number of ether oxygens (including phenoxy) is 10. The molecule has 37 nitrogen and oxygen atoms in total. The van der Waals surface area contributed by atoms with Crippen LogP contribution in [0, 0.1) is 0 Å². The van der Waals surface area contributed by atoms with E-state index in [0.717, 1.165) is 84.6 Å². The molecule has 0 bridgehead atoms. The van der Waals surface area contributed by atoms with Gasteiger partial charge in [-0.25, -0.2) is 58.5 Å². The molecule has 3 radical (unpaired) electrons. The van der Waals surface area contributed by atoms with Crippen molar-refractivity contribution in [3.8, 4) is 29.4 Å². The van der Waals surface area contributed by atoms with Crippen molar-refractivity contribution in [3.63, 3.8) is 0 Å². The maximum absolute atomic E-state index is 13.5. The van der Waals surface area contributed by atoms with E-state index in [-0.39, 0.29) is 94.5 Å². The van der Waals surface area contributed by atoms with Crippen LogP contribution in [0.3, 0.4) is 0 Å². The van der Waals surface area contributed by atoms with Gasteiger partial charge in [0.1, 0.15) is 0 Å². The number of carbonyl (C=O) groups excluding carboxylic acids is 1. The normalized spacial score (nSPS) is 17.0. The zero-order chi connectivity index (χ0) is 107. The van der Waals surface area contributed by atoms with Crippen LogP contribution in [0.1, 0.15) is 140 Å². The molecule has 6 N–H and O–H groups in total. The molecule has 6 aromatic carbocycles. The van der Waals surface area contributed by atoms with E-state index in [9.17, 15) is 57.5 Å². The summed E-state index contributed by atoms with van der Waals surface area (Å²) < 4.78 is 92.6. The molecule has 5 aliphatic rings. The summed E-state index contributed by atoms with van der Waals surface area (Å²) in [5.41, 5.74) is 6.88. The molecule has 15 aromatic rings. The number of methoxy groups -OCH3 is 6. The summed E-state index contributed by atoms with van der Waals surface area (Å²) in [6.07, 6.45) is 17.3. The minimum atomic E-state index is -1.09. The Balaban J connectivity index is 0.000000219. The fourth-order valence-corrected chi connectivity index (χ4v) is 16.7.